The lowest BCUT2D eigenvalue weighted by molar-refractivity contribution is -0.167. The number of rotatable bonds is 8. The number of hydrogen-bond acceptors (Lipinski definition) is 7. The van der Waals surface area contributed by atoms with Gasteiger partial charge in [-0.05, 0) is 26.3 Å². The topological polar surface area (TPSA) is 108 Å². The van der Waals surface area contributed by atoms with Crippen molar-refractivity contribution in [2.75, 3.05) is 6.79 Å². The van der Waals surface area contributed by atoms with Crippen LogP contribution >= 0.6 is 0 Å². The number of ketones is 1. The molecule has 8 nitrogen and oxygen atoms in total. The standard InChI is InChI=1S/C24H27NO7/c1-16(26)30-15-31-22(28)20(25-23(29)32-24(2,3)4)14-17-10-12-19(13-11-17)21(27)18-8-6-5-7-9-18/h5-13,20H,14-15H2,1-4H3,(H,25,29)/t20-/m0/s1. The lowest BCUT2D eigenvalue weighted by Crippen LogP contribution is -2.45. The molecule has 0 aliphatic carbocycles. The van der Waals surface area contributed by atoms with Crippen molar-refractivity contribution in [1.29, 1.82) is 0 Å². The SMILES string of the molecule is CC(=O)OCOC(=O)[C@H](Cc1ccc(C(=O)c2ccccc2)cc1)NC(=O)OC(C)(C)C. The van der Waals surface area contributed by atoms with E-state index in [2.05, 4.69) is 10.1 Å². The summed E-state index contributed by atoms with van der Waals surface area (Å²) < 4.78 is 14.8. The monoisotopic (exact) mass is 441 g/mol. The van der Waals surface area contributed by atoms with Crippen LogP contribution in [0.1, 0.15) is 49.2 Å². The zero-order chi connectivity index (χ0) is 23.7. The van der Waals surface area contributed by atoms with Crippen molar-refractivity contribution in [3.8, 4) is 0 Å². The number of esters is 2. The van der Waals surface area contributed by atoms with Gasteiger partial charge in [0.25, 0.3) is 0 Å². The molecule has 1 amide bonds. The first-order valence-electron chi connectivity index (χ1n) is 10.0. The summed E-state index contributed by atoms with van der Waals surface area (Å²) in [5, 5.41) is 2.48. The summed E-state index contributed by atoms with van der Waals surface area (Å²) in [6.07, 6.45) is -0.708. The van der Waals surface area contributed by atoms with E-state index in [-0.39, 0.29) is 12.2 Å². The summed E-state index contributed by atoms with van der Waals surface area (Å²) >= 11 is 0. The Labute approximate surface area is 186 Å². The first-order valence-corrected chi connectivity index (χ1v) is 10.0. The van der Waals surface area contributed by atoms with Gasteiger partial charge in [0.15, 0.2) is 5.78 Å². The van der Waals surface area contributed by atoms with E-state index >= 15 is 0 Å². The lowest BCUT2D eigenvalue weighted by Gasteiger charge is -2.23. The number of amides is 1. The second-order valence-corrected chi connectivity index (χ2v) is 8.01. The predicted octanol–water partition coefficient (Wildman–Crippen LogP) is 3.42. The van der Waals surface area contributed by atoms with Crippen LogP contribution < -0.4 is 5.32 Å². The Hall–Kier alpha value is -3.68. The number of alkyl carbamates (subject to hydrolysis) is 1. The second kappa shape index (κ2) is 11.1. The van der Waals surface area contributed by atoms with Crippen molar-refractivity contribution in [2.24, 2.45) is 0 Å². The molecular formula is C24H27NO7. The third-order valence-corrected chi connectivity index (χ3v) is 4.13. The molecule has 0 aromatic heterocycles. The molecular weight excluding hydrogens is 414 g/mol. The molecule has 1 N–H and O–H groups in total. The number of hydrogen-bond donors (Lipinski definition) is 1. The molecule has 0 aliphatic heterocycles. The minimum absolute atomic E-state index is 0.0813. The van der Waals surface area contributed by atoms with E-state index in [1.807, 2.05) is 6.07 Å². The van der Waals surface area contributed by atoms with Crippen LogP contribution in [0.25, 0.3) is 0 Å². The summed E-state index contributed by atoms with van der Waals surface area (Å²) in [5.74, 6) is -1.52. The van der Waals surface area contributed by atoms with E-state index in [4.69, 9.17) is 9.47 Å². The van der Waals surface area contributed by atoms with Crippen LogP contribution in [-0.2, 0) is 30.2 Å². The Morgan fingerprint density at radius 2 is 1.47 bits per heavy atom. The van der Waals surface area contributed by atoms with Crippen LogP contribution in [0.3, 0.4) is 0 Å². The van der Waals surface area contributed by atoms with Crippen LogP contribution in [0.4, 0.5) is 4.79 Å². The maximum Gasteiger partial charge on any atom is 0.408 e. The predicted molar refractivity (Wildman–Crippen MR) is 116 cm³/mol. The molecule has 1 atom stereocenters. The van der Waals surface area contributed by atoms with E-state index in [1.165, 1.54) is 6.92 Å². The minimum Gasteiger partial charge on any atom is -0.444 e. The van der Waals surface area contributed by atoms with E-state index in [0.717, 1.165) is 0 Å². The average molecular weight is 441 g/mol. The van der Waals surface area contributed by atoms with Crippen molar-refractivity contribution in [3.05, 3.63) is 71.3 Å². The average Bonchev–Trinajstić information content (AvgIpc) is 2.72. The summed E-state index contributed by atoms with van der Waals surface area (Å²) in [6.45, 7) is 5.71. The van der Waals surface area contributed by atoms with Gasteiger partial charge in [0.1, 0.15) is 11.6 Å². The number of benzene rings is 2. The molecule has 0 aliphatic rings. The highest BCUT2D eigenvalue weighted by molar-refractivity contribution is 6.08. The largest absolute Gasteiger partial charge is 0.444 e. The van der Waals surface area contributed by atoms with Crippen LogP contribution in [0.5, 0.6) is 0 Å². The molecule has 0 saturated heterocycles. The normalized spacial score (nSPS) is 11.8. The van der Waals surface area contributed by atoms with Crippen molar-refractivity contribution in [1.82, 2.24) is 5.32 Å². The third-order valence-electron chi connectivity index (χ3n) is 4.13. The maximum absolute atomic E-state index is 12.6. The number of carbonyl (C=O) groups excluding carboxylic acids is 4. The molecule has 2 rings (SSSR count). The molecule has 0 bridgehead atoms. The highest BCUT2D eigenvalue weighted by Crippen LogP contribution is 2.14. The number of carbonyl (C=O) groups is 4. The van der Waals surface area contributed by atoms with Crippen molar-refractivity contribution in [3.63, 3.8) is 0 Å². The van der Waals surface area contributed by atoms with Gasteiger partial charge in [0.2, 0.25) is 6.79 Å². The summed E-state index contributed by atoms with van der Waals surface area (Å²) in [5.41, 5.74) is 0.989. The Morgan fingerprint density at radius 1 is 0.875 bits per heavy atom. The quantitative estimate of drug-likeness (QED) is 0.380. The maximum atomic E-state index is 12.6. The lowest BCUT2D eigenvalue weighted by atomic mass is 9.99. The molecule has 2 aromatic rings. The molecule has 0 fully saturated rings. The van der Waals surface area contributed by atoms with E-state index in [1.54, 1.807) is 69.3 Å². The van der Waals surface area contributed by atoms with Crippen LogP contribution in [0, 0.1) is 0 Å². The van der Waals surface area contributed by atoms with Crippen LogP contribution in [0.15, 0.2) is 54.6 Å². The highest BCUT2D eigenvalue weighted by atomic mass is 16.7. The molecule has 170 valence electrons. The second-order valence-electron chi connectivity index (χ2n) is 8.01. The third kappa shape index (κ3) is 8.22. The number of ether oxygens (including phenoxy) is 3. The zero-order valence-electron chi connectivity index (χ0n) is 18.5. The van der Waals surface area contributed by atoms with Gasteiger partial charge < -0.3 is 19.5 Å². The smallest absolute Gasteiger partial charge is 0.408 e. The molecule has 0 unspecified atom stereocenters. The Morgan fingerprint density at radius 3 is 2.03 bits per heavy atom. The minimum atomic E-state index is -1.09. The van der Waals surface area contributed by atoms with Gasteiger partial charge in [-0.1, -0.05) is 54.6 Å². The van der Waals surface area contributed by atoms with Crippen molar-refractivity contribution < 1.29 is 33.4 Å². The van der Waals surface area contributed by atoms with Gasteiger partial charge in [-0.2, -0.15) is 0 Å². The molecule has 0 radical (unpaired) electrons. The molecule has 32 heavy (non-hydrogen) atoms. The summed E-state index contributed by atoms with van der Waals surface area (Å²) in [7, 11) is 0. The van der Waals surface area contributed by atoms with Gasteiger partial charge in [0, 0.05) is 24.5 Å². The van der Waals surface area contributed by atoms with E-state index < -0.39 is 36.5 Å². The Bertz CT molecular complexity index is 947. The fourth-order valence-electron chi connectivity index (χ4n) is 2.70. The van der Waals surface area contributed by atoms with Gasteiger partial charge in [0.05, 0.1) is 0 Å². The number of nitrogens with one attached hydrogen (secondary N) is 1. The molecule has 0 heterocycles. The molecule has 8 heteroatoms. The fraction of sp³-hybridized carbons (Fsp3) is 0.333. The van der Waals surface area contributed by atoms with Gasteiger partial charge in [-0.3, -0.25) is 9.59 Å². The van der Waals surface area contributed by atoms with Gasteiger partial charge in [-0.15, -0.1) is 0 Å². The molecule has 0 spiro atoms. The molecule has 2 aromatic carbocycles. The van der Waals surface area contributed by atoms with Gasteiger partial charge in [-0.25, -0.2) is 9.59 Å². The first-order chi connectivity index (χ1) is 15.0. The van der Waals surface area contributed by atoms with E-state index in [0.29, 0.717) is 16.7 Å². The summed E-state index contributed by atoms with van der Waals surface area (Å²) in [6, 6.07) is 14.5. The van der Waals surface area contributed by atoms with Crippen molar-refractivity contribution in [2.45, 2.75) is 45.8 Å². The Kier molecular flexibility index (Phi) is 8.52. The molecule has 0 saturated carbocycles. The zero-order valence-corrected chi connectivity index (χ0v) is 18.5. The first kappa shape index (κ1) is 24.6. The van der Waals surface area contributed by atoms with Crippen LogP contribution in [0.2, 0.25) is 0 Å². The fourth-order valence-corrected chi connectivity index (χ4v) is 2.70. The van der Waals surface area contributed by atoms with Crippen LogP contribution in [-0.4, -0.2) is 42.3 Å². The van der Waals surface area contributed by atoms with E-state index in [9.17, 15) is 19.2 Å². The summed E-state index contributed by atoms with van der Waals surface area (Å²) in [4.78, 5) is 48.1. The van der Waals surface area contributed by atoms with Gasteiger partial charge >= 0.3 is 18.0 Å². The van der Waals surface area contributed by atoms with Crippen molar-refractivity contribution >= 4 is 23.8 Å². The Balaban J connectivity index is 2.11. The highest BCUT2D eigenvalue weighted by Gasteiger charge is 2.26.